The Hall–Kier alpha value is -2.78. The normalized spacial score (nSPS) is 20.1. The van der Waals surface area contributed by atoms with Crippen LogP contribution in [0.2, 0.25) is 0 Å². The van der Waals surface area contributed by atoms with Crippen molar-refractivity contribution in [3.05, 3.63) is 46.0 Å². The maximum absolute atomic E-state index is 13.1. The van der Waals surface area contributed by atoms with Crippen LogP contribution in [0.15, 0.2) is 23.6 Å². The fraction of sp³-hybridized carbons (Fsp3) is 0.368. The Balaban J connectivity index is 1.51. The van der Waals surface area contributed by atoms with E-state index in [1.807, 2.05) is 30.5 Å². The monoisotopic (exact) mass is 399 g/mol. The van der Waals surface area contributed by atoms with E-state index in [1.54, 1.807) is 4.90 Å². The summed E-state index contributed by atoms with van der Waals surface area (Å²) in [7, 11) is 0. The number of nitrogens with one attached hydrogen (secondary N) is 2. The van der Waals surface area contributed by atoms with Crippen molar-refractivity contribution < 1.29 is 14.4 Å². The lowest BCUT2D eigenvalue weighted by Crippen LogP contribution is -2.52. The van der Waals surface area contributed by atoms with E-state index in [1.165, 1.54) is 11.3 Å². The third-order valence-corrected chi connectivity index (χ3v) is 5.88. The SMILES string of the molecule is C[C@H](N)c1csc(NCc2cccc3c2C(=O)N(C2CCC(=O)NC2=O)C3)n1. The minimum Gasteiger partial charge on any atom is -0.357 e. The van der Waals surface area contributed by atoms with Crippen molar-refractivity contribution in [3.63, 3.8) is 0 Å². The van der Waals surface area contributed by atoms with Crippen molar-refractivity contribution in [3.8, 4) is 0 Å². The Morgan fingerprint density at radius 3 is 2.93 bits per heavy atom. The fourth-order valence-corrected chi connectivity index (χ4v) is 4.40. The van der Waals surface area contributed by atoms with Gasteiger partial charge in [-0.05, 0) is 24.5 Å². The van der Waals surface area contributed by atoms with Crippen LogP contribution in [0.25, 0.3) is 0 Å². The van der Waals surface area contributed by atoms with Crippen LogP contribution in [0, 0.1) is 0 Å². The molecule has 1 aromatic heterocycles. The molecule has 1 fully saturated rings. The molecule has 4 rings (SSSR count). The van der Waals surface area contributed by atoms with E-state index in [4.69, 9.17) is 5.73 Å². The summed E-state index contributed by atoms with van der Waals surface area (Å²) in [5, 5.41) is 8.24. The van der Waals surface area contributed by atoms with Crippen molar-refractivity contribution in [1.29, 1.82) is 0 Å². The number of carbonyl (C=O) groups excluding carboxylic acids is 3. The molecule has 1 saturated heterocycles. The molecule has 28 heavy (non-hydrogen) atoms. The number of nitrogens with zero attached hydrogens (tertiary/aromatic N) is 2. The number of carbonyl (C=O) groups is 3. The average molecular weight is 399 g/mol. The molecule has 3 heterocycles. The summed E-state index contributed by atoms with van der Waals surface area (Å²) < 4.78 is 0. The Morgan fingerprint density at radius 2 is 2.21 bits per heavy atom. The van der Waals surface area contributed by atoms with Gasteiger partial charge in [-0.25, -0.2) is 4.98 Å². The van der Waals surface area contributed by atoms with Gasteiger partial charge in [-0.1, -0.05) is 18.2 Å². The van der Waals surface area contributed by atoms with Crippen molar-refractivity contribution in [2.24, 2.45) is 5.73 Å². The smallest absolute Gasteiger partial charge is 0.255 e. The predicted molar refractivity (Wildman–Crippen MR) is 105 cm³/mol. The first kappa shape index (κ1) is 18.6. The van der Waals surface area contributed by atoms with Crippen molar-refractivity contribution in [2.75, 3.05) is 5.32 Å². The molecule has 3 amide bonds. The minimum absolute atomic E-state index is 0.128. The quantitative estimate of drug-likeness (QED) is 0.657. The van der Waals surface area contributed by atoms with E-state index >= 15 is 0 Å². The molecule has 0 saturated carbocycles. The van der Waals surface area contributed by atoms with Gasteiger partial charge in [-0.15, -0.1) is 11.3 Å². The maximum Gasteiger partial charge on any atom is 0.255 e. The first-order chi connectivity index (χ1) is 13.4. The third kappa shape index (κ3) is 3.38. The number of amides is 3. The lowest BCUT2D eigenvalue weighted by molar-refractivity contribution is -0.136. The summed E-state index contributed by atoms with van der Waals surface area (Å²) in [6, 6.07) is 4.98. The first-order valence-electron chi connectivity index (χ1n) is 9.14. The number of thiazole rings is 1. The number of rotatable bonds is 5. The maximum atomic E-state index is 13.1. The number of nitrogens with two attached hydrogens (primary N) is 1. The van der Waals surface area contributed by atoms with Gasteiger partial charge in [0.15, 0.2) is 5.13 Å². The highest BCUT2D eigenvalue weighted by Crippen LogP contribution is 2.30. The third-order valence-electron chi connectivity index (χ3n) is 5.06. The molecule has 8 nitrogen and oxygen atoms in total. The van der Waals surface area contributed by atoms with Gasteiger partial charge in [0, 0.05) is 36.5 Å². The zero-order valence-electron chi connectivity index (χ0n) is 15.4. The van der Waals surface area contributed by atoms with E-state index in [-0.39, 0.29) is 24.3 Å². The predicted octanol–water partition coefficient (Wildman–Crippen LogP) is 1.54. The largest absolute Gasteiger partial charge is 0.357 e. The van der Waals surface area contributed by atoms with Crippen LogP contribution < -0.4 is 16.4 Å². The van der Waals surface area contributed by atoms with Gasteiger partial charge in [-0.3, -0.25) is 19.7 Å². The summed E-state index contributed by atoms with van der Waals surface area (Å²) in [6.07, 6.45) is 0.605. The highest BCUT2D eigenvalue weighted by atomic mass is 32.1. The van der Waals surface area contributed by atoms with Crippen molar-refractivity contribution in [1.82, 2.24) is 15.2 Å². The summed E-state index contributed by atoms with van der Waals surface area (Å²) in [4.78, 5) is 42.6. The molecule has 4 N–H and O–H groups in total. The average Bonchev–Trinajstić information content (AvgIpc) is 3.26. The number of hydrogen-bond acceptors (Lipinski definition) is 7. The second kappa shape index (κ2) is 7.33. The lowest BCUT2D eigenvalue weighted by atomic mass is 10.0. The Labute approximate surface area is 166 Å². The highest BCUT2D eigenvalue weighted by molar-refractivity contribution is 7.13. The van der Waals surface area contributed by atoms with E-state index in [2.05, 4.69) is 15.6 Å². The second-order valence-corrected chi connectivity index (χ2v) is 7.93. The minimum atomic E-state index is -0.606. The number of imide groups is 1. The van der Waals surface area contributed by atoms with E-state index in [0.29, 0.717) is 25.1 Å². The van der Waals surface area contributed by atoms with Gasteiger partial charge in [0.05, 0.1) is 5.69 Å². The van der Waals surface area contributed by atoms with Gasteiger partial charge in [0.2, 0.25) is 11.8 Å². The first-order valence-corrected chi connectivity index (χ1v) is 10.0. The number of hydrogen-bond donors (Lipinski definition) is 3. The molecule has 2 aliphatic heterocycles. The number of anilines is 1. The van der Waals surface area contributed by atoms with Crippen LogP contribution >= 0.6 is 11.3 Å². The summed E-state index contributed by atoms with van der Waals surface area (Å²) in [5.74, 6) is -0.856. The van der Waals surface area contributed by atoms with Gasteiger partial charge in [0.1, 0.15) is 6.04 Å². The Kier molecular flexibility index (Phi) is 4.86. The van der Waals surface area contributed by atoms with E-state index in [0.717, 1.165) is 22.0 Å². The number of piperidine rings is 1. The molecule has 0 radical (unpaired) electrons. The van der Waals surface area contributed by atoms with Gasteiger partial charge < -0.3 is 16.0 Å². The van der Waals surface area contributed by atoms with Gasteiger partial charge >= 0.3 is 0 Å². The van der Waals surface area contributed by atoms with Crippen LogP contribution in [0.3, 0.4) is 0 Å². The molecular weight excluding hydrogens is 378 g/mol. The zero-order chi connectivity index (χ0) is 19.8. The van der Waals surface area contributed by atoms with Crippen LogP contribution in [-0.4, -0.2) is 33.6 Å². The number of fused-ring (bicyclic) bond motifs is 1. The van der Waals surface area contributed by atoms with Gasteiger partial charge in [-0.2, -0.15) is 0 Å². The fourth-order valence-electron chi connectivity index (χ4n) is 3.58. The summed E-state index contributed by atoms with van der Waals surface area (Å²) >= 11 is 1.47. The Bertz CT molecular complexity index is 955. The van der Waals surface area contributed by atoms with Crippen LogP contribution in [0.4, 0.5) is 5.13 Å². The van der Waals surface area contributed by atoms with Crippen molar-refractivity contribution in [2.45, 2.75) is 44.9 Å². The van der Waals surface area contributed by atoms with E-state index in [9.17, 15) is 14.4 Å². The molecule has 1 unspecified atom stereocenters. The molecular formula is C19H21N5O3S. The van der Waals surface area contributed by atoms with E-state index < -0.39 is 11.9 Å². The molecule has 0 bridgehead atoms. The standard InChI is InChI=1S/C19H21N5O3S/c1-10(20)13-9-28-19(22-13)21-7-11-3-2-4-12-8-24(18(27)16(11)12)14-5-6-15(25)23-17(14)26/h2-4,9-10,14H,5-8,20H2,1H3,(H,21,22)(H,23,25,26)/t10-,14?/m0/s1. The lowest BCUT2D eigenvalue weighted by Gasteiger charge is -2.29. The molecule has 9 heteroatoms. The topological polar surface area (TPSA) is 117 Å². The van der Waals surface area contributed by atoms with Crippen LogP contribution in [-0.2, 0) is 22.7 Å². The van der Waals surface area contributed by atoms with Crippen LogP contribution in [0.5, 0.6) is 0 Å². The molecule has 1 aromatic carbocycles. The number of aromatic nitrogens is 1. The zero-order valence-corrected chi connectivity index (χ0v) is 16.2. The Morgan fingerprint density at radius 1 is 1.39 bits per heavy atom. The van der Waals surface area contributed by atoms with Crippen molar-refractivity contribution >= 4 is 34.2 Å². The molecule has 0 aliphatic carbocycles. The molecule has 146 valence electrons. The molecule has 2 atom stereocenters. The van der Waals surface area contributed by atoms with Crippen LogP contribution in [0.1, 0.15) is 53.0 Å². The molecule has 2 aromatic rings. The summed E-state index contributed by atoms with van der Waals surface area (Å²) in [6.45, 7) is 2.70. The molecule has 2 aliphatic rings. The highest BCUT2D eigenvalue weighted by Gasteiger charge is 2.39. The second-order valence-electron chi connectivity index (χ2n) is 7.07. The number of benzene rings is 1. The molecule has 0 spiro atoms. The van der Waals surface area contributed by atoms with Gasteiger partial charge in [0.25, 0.3) is 5.91 Å². The summed E-state index contributed by atoms with van der Waals surface area (Å²) in [5.41, 5.74) is 9.05.